The molecule has 134 valence electrons. The van der Waals surface area contributed by atoms with E-state index in [1.807, 2.05) is 49.1 Å². The fraction of sp³-hybridized carbons (Fsp3) is 0.350. The van der Waals surface area contributed by atoms with Crippen LogP contribution in [0.4, 0.5) is 0 Å². The lowest BCUT2D eigenvalue weighted by Crippen LogP contribution is -2.31. The molecule has 1 N–H and O–H groups in total. The van der Waals surface area contributed by atoms with Gasteiger partial charge in [-0.3, -0.25) is 9.59 Å². The monoisotopic (exact) mass is 351 g/mol. The molecule has 0 saturated carbocycles. The van der Waals surface area contributed by atoms with Gasteiger partial charge in [0.05, 0.1) is 11.6 Å². The molecule has 3 heterocycles. The molecule has 0 bridgehead atoms. The van der Waals surface area contributed by atoms with Crippen LogP contribution in [0.25, 0.3) is 10.9 Å². The van der Waals surface area contributed by atoms with Gasteiger partial charge in [-0.15, -0.1) is 0 Å². The standard InChI is InChI=1S/C20H21N3O3/c1-12(2)18-11-16(22-26-18)17-8-5-9-23(17)20(25)14-10-19(24)21-15-7-4-3-6-13(14)15/h3-4,6-7,10-12,17H,5,8-9H2,1-2H3,(H,21,24)/t17-/m0/s1. The van der Waals surface area contributed by atoms with Gasteiger partial charge in [-0.25, -0.2) is 0 Å². The van der Waals surface area contributed by atoms with Crippen molar-refractivity contribution in [1.29, 1.82) is 0 Å². The number of hydrogen-bond acceptors (Lipinski definition) is 4. The fourth-order valence-corrected chi connectivity index (χ4v) is 3.59. The van der Waals surface area contributed by atoms with Crippen molar-refractivity contribution in [2.75, 3.05) is 6.54 Å². The summed E-state index contributed by atoms with van der Waals surface area (Å²) in [6.45, 7) is 4.74. The van der Waals surface area contributed by atoms with Gasteiger partial charge in [0.15, 0.2) is 0 Å². The molecule has 0 aliphatic carbocycles. The Morgan fingerprint density at radius 3 is 2.88 bits per heavy atom. The van der Waals surface area contributed by atoms with E-state index in [-0.39, 0.29) is 23.4 Å². The van der Waals surface area contributed by atoms with Crippen LogP contribution in [0.5, 0.6) is 0 Å². The van der Waals surface area contributed by atoms with Gasteiger partial charge in [0, 0.05) is 35.5 Å². The van der Waals surface area contributed by atoms with Crippen LogP contribution in [0.2, 0.25) is 0 Å². The Kier molecular flexibility index (Phi) is 4.11. The third-order valence-electron chi connectivity index (χ3n) is 4.95. The molecule has 0 unspecified atom stereocenters. The molecule has 6 heteroatoms. The zero-order valence-corrected chi connectivity index (χ0v) is 14.9. The van der Waals surface area contributed by atoms with Crippen LogP contribution >= 0.6 is 0 Å². The second-order valence-corrected chi connectivity index (χ2v) is 7.06. The Hall–Kier alpha value is -2.89. The van der Waals surface area contributed by atoms with E-state index >= 15 is 0 Å². The Bertz CT molecular complexity index is 1020. The molecular weight excluding hydrogens is 330 g/mol. The summed E-state index contributed by atoms with van der Waals surface area (Å²) in [5.74, 6) is 0.934. The van der Waals surface area contributed by atoms with Crippen molar-refractivity contribution in [2.24, 2.45) is 0 Å². The van der Waals surface area contributed by atoms with E-state index in [4.69, 9.17) is 4.52 Å². The molecule has 1 aliphatic rings. The summed E-state index contributed by atoms with van der Waals surface area (Å²) < 4.78 is 5.42. The molecule has 1 aliphatic heterocycles. The number of nitrogens with one attached hydrogen (secondary N) is 1. The number of H-pyrrole nitrogens is 1. The number of carbonyl (C=O) groups excluding carboxylic acids is 1. The quantitative estimate of drug-likeness (QED) is 0.782. The van der Waals surface area contributed by atoms with Crippen LogP contribution in [-0.2, 0) is 0 Å². The predicted molar refractivity (Wildman–Crippen MR) is 98.2 cm³/mol. The molecule has 6 nitrogen and oxygen atoms in total. The van der Waals surface area contributed by atoms with E-state index in [1.165, 1.54) is 6.07 Å². The Balaban J connectivity index is 1.72. The van der Waals surface area contributed by atoms with Gasteiger partial charge in [-0.1, -0.05) is 37.2 Å². The number of pyridine rings is 1. The molecule has 26 heavy (non-hydrogen) atoms. The van der Waals surface area contributed by atoms with E-state index in [0.717, 1.165) is 29.7 Å². The number of benzene rings is 1. The molecule has 0 radical (unpaired) electrons. The van der Waals surface area contributed by atoms with Crippen LogP contribution in [0, 0.1) is 0 Å². The van der Waals surface area contributed by atoms with E-state index in [1.54, 1.807) is 0 Å². The Morgan fingerprint density at radius 1 is 1.31 bits per heavy atom. The van der Waals surface area contributed by atoms with Crippen LogP contribution < -0.4 is 5.56 Å². The first-order valence-electron chi connectivity index (χ1n) is 8.94. The highest BCUT2D eigenvalue weighted by molar-refractivity contribution is 6.06. The summed E-state index contributed by atoms with van der Waals surface area (Å²) in [5, 5.41) is 4.94. The van der Waals surface area contributed by atoms with Crippen LogP contribution in [0.1, 0.15) is 60.5 Å². The molecule has 0 spiro atoms. The Morgan fingerprint density at radius 2 is 2.12 bits per heavy atom. The van der Waals surface area contributed by atoms with Crippen LogP contribution in [-0.4, -0.2) is 27.5 Å². The van der Waals surface area contributed by atoms with Gasteiger partial charge in [0.2, 0.25) is 5.56 Å². The molecular formula is C20H21N3O3. The first kappa shape index (κ1) is 16.6. The van der Waals surface area contributed by atoms with Crippen LogP contribution in [0.3, 0.4) is 0 Å². The van der Waals surface area contributed by atoms with Gasteiger partial charge in [0.25, 0.3) is 5.91 Å². The minimum Gasteiger partial charge on any atom is -0.361 e. The second-order valence-electron chi connectivity index (χ2n) is 7.06. The van der Waals surface area contributed by atoms with Crippen molar-refractivity contribution >= 4 is 16.8 Å². The fourth-order valence-electron chi connectivity index (χ4n) is 3.59. The van der Waals surface area contributed by atoms with Crippen molar-refractivity contribution in [3.05, 3.63) is 63.8 Å². The number of fused-ring (bicyclic) bond motifs is 1. The lowest BCUT2D eigenvalue weighted by Gasteiger charge is -2.23. The summed E-state index contributed by atoms with van der Waals surface area (Å²) in [5.41, 5.74) is 1.62. The van der Waals surface area contributed by atoms with Crippen molar-refractivity contribution in [3.8, 4) is 0 Å². The number of para-hydroxylation sites is 1. The first-order chi connectivity index (χ1) is 12.5. The number of nitrogens with zero attached hydrogens (tertiary/aromatic N) is 2. The number of likely N-dealkylation sites (tertiary alicyclic amines) is 1. The smallest absolute Gasteiger partial charge is 0.255 e. The average Bonchev–Trinajstić information content (AvgIpc) is 3.29. The molecule has 3 aromatic rings. The number of aromatic nitrogens is 2. The van der Waals surface area contributed by atoms with E-state index in [0.29, 0.717) is 17.6 Å². The van der Waals surface area contributed by atoms with Gasteiger partial charge in [-0.05, 0) is 18.9 Å². The highest BCUT2D eigenvalue weighted by Crippen LogP contribution is 2.34. The predicted octanol–water partition coefficient (Wildman–Crippen LogP) is 3.62. The minimum absolute atomic E-state index is 0.114. The summed E-state index contributed by atoms with van der Waals surface area (Å²) >= 11 is 0. The highest BCUT2D eigenvalue weighted by atomic mass is 16.5. The molecule has 1 fully saturated rings. The number of rotatable bonds is 3. The maximum atomic E-state index is 13.3. The zero-order chi connectivity index (χ0) is 18.3. The first-order valence-corrected chi connectivity index (χ1v) is 8.94. The lowest BCUT2D eigenvalue weighted by atomic mass is 10.1. The molecule has 1 aromatic carbocycles. The summed E-state index contributed by atoms with van der Waals surface area (Å²) in [6, 6.07) is 10.6. The Labute approximate surface area is 150 Å². The highest BCUT2D eigenvalue weighted by Gasteiger charge is 2.33. The van der Waals surface area contributed by atoms with Crippen molar-refractivity contribution < 1.29 is 9.32 Å². The number of carbonyl (C=O) groups is 1. The van der Waals surface area contributed by atoms with Gasteiger partial charge in [-0.2, -0.15) is 0 Å². The minimum atomic E-state index is -0.272. The third-order valence-corrected chi connectivity index (χ3v) is 4.95. The van der Waals surface area contributed by atoms with E-state index < -0.39 is 0 Å². The molecule has 1 atom stereocenters. The van der Waals surface area contributed by atoms with E-state index in [9.17, 15) is 9.59 Å². The SMILES string of the molecule is CC(C)c1cc([C@@H]2CCCN2C(=O)c2cc(=O)[nH]c3ccccc23)no1. The summed E-state index contributed by atoms with van der Waals surface area (Å²) in [7, 11) is 0. The average molecular weight is 351 g/mol. The zero-order valence-electron chi connectivity index (χ0n) is 14.9. The topological polar surface area (TPSA) is 79.2 Å². The van der Waals surface area contributed by atoms with Crippen molar-refractivity contribution in [3.63, 3.8) is 0 Å². The summed E-state index contributed by atoms with van der Waals surface area (Å²) in [6.07, 6.45) is 1.75. The third kappa shape index (κ3) is 2.81. The number of amides is 1. The van der Waals surface area contributed by atoms with Crippen molar-refractivity contribution in [1.82, 2.24) is 15.0 Å². The lowest BCUT2D eigenvalue weighted by molar-refractivity contribution is 0.0732. The largest absolute Gasteiger partial charge is 0.361 e. The van der Waals surface area contributed by atoms with Crippen molar-refractivity contribution in [2.45, 2.75) is 38.6 Å². The number of aromatic amines is 1. The summed E-state index contributed by atoms with van der Waals surface area (Å²) in [4.78, 5) is 29.8. The molecule has 1 saturated heterocycles. The van der Waals surface area contributed by atoms with Gasteiger partial charge < -0.3 is 14.4 Å². The molecule has 2 aromatic heterocycles. The van der Waals surface area contributed by atoms with Gasteiger partial charge in [0.1, 0.15) is 11.5 Å². The van der Waals surface area contributed by atoms with Gasteiger partial charge >= 0.3 is 0 Å². The van der Waals surface area contributed by atoms with Crippen LogP contribution in [0.15, 0.2) is 45.7 Å². The maximum absolute atomic E-state index is 13.3. The number of hydrogen-bond donors (Lipinski definition) is 1. The molecule has 4 rings (SSSR count). The second kappa shape index (κ2) is 6.44. The normalized spacial score (nSPS) is 17.3. The molecule has 1 amide bonds. The maximum Gasteiger partial charge on any atom is 0.255 e. The van der Waals surface area contributed by atoms with E-state index in [2.05, 4.69) is 10.1 Å².